The quantitative estimate of drug-likeness (QED) is 0.538. The summed E-state index contributed by atoms with van der Waals surface area (Å²) < 4.78 is 12.1. The summed E-state index contributed by atoms with van der Waals surface area (Å²) in [6.07, 6.45) is -3.47. The molecule has 22 heavy (non-hydrogen) atoms. The van der Waals surface area contributed by atoms with E-state index in [-0.39, 0.29) is 0 Å². The standard InChI is InChI=1S/C12H10Cl6O4/c1-20-9(19)5-2-3-7-6(4-5)8(11(13,14)15)22-10(21-7)12(16,17)18/h2-4,8-10,19H,1H3. The molecule has 2 rings (SSSR count). The Morgan fingerprint density at radius 1 is 1.14 bits per heavy atom. The van der Waals surface area contributed by atoms with Crippen LogP contribution in [0.15, 0.2) is 18.2 Å². The first-order valence-corrected chi connectivity index (χ1v) is 8.11. The van der Waals surface area contributed by atoms with Crippen molar-refractivity contribution in [2.75, 3.05) is 7.11 Å². The summed E-state index contributed by atoms with van der Waals surface area (Å²) >= 11 is 35.2. The van der Waals surface area contributed by atoms with E-state index in [1.807, 2.05) is 0 Å². The Labute approximate surface area is 157 Å². The zero-order chi connectivity index (χ0) is 16.7. The second kappa shape index (κ2) is 6.87. The number of halogens is 6. The average Bonchev–Trinajstić information content (AvgIpc) is 2.42. The van der Waals surface area contributed by atoms with Gasteiger partial charge < -0.3 is 19.3 Å². The highest BCUT2D eigenvalue weighted by Crippen LogP contribution is 2.51. The van der Waals surface area contributed by atoms with Crippen LogP contribution in [0.2, 0.25) is 0 Å². The van der Waals surface area contributed by atoms with Crippen LogP contribution in [-0.2, 0) is 9.47 Å². The monoisotopic (exact) mass is 428 g/mol. The molecule has 0 aromatic heterocycles. The third-order valence-electron chi connectivity index (χ3n) is 2.88. The van der Waals surface area contributed by atoms with Gasteiger partial charge in [0.2, 0.25) is 10.1 Å². The van der Waals surface area contributed by atoms with Gasteiger partial charge in [-0.1, -0.05) is 75.7 Å². The maximum Gasteiger partial charge on any atom is 0.252 e. The lowest BCUT2D eigenvalue weighted by molar-refractivity contribution is -0.136. The van der Waals surface area contributed by atoms with E-state index < -0.39 is 26.3 Å². The maximum absolute atomic E-state index is 9.74. The number of benzene rings is 1. The first-order chi connectivity index (χ1) is 10.0. The minimum atomic E-state index is -1.88. The summed E-state index contributed by atoms with van der Waals surface area (Å²) in [4.78, 5) is 0. The van der Waals surface area contributed by atoms with E-state index in [0.717, 1.165) is 0 Å². The fourth-order valence-corrected chi connectivity index (χ4v) is 2.70. The van der Waals surface area contributed by atoms with E-state index in [1.54, 1.807) is 12.1 Å². The van der Waals surface area contributed by atoms with Crippen LogP contribution >= 0.6 is 69.6 Å². The van der Waals surface area contributed by atoms with Gasteiger partial charge in [-0.05, 0) is 12.1 Å². The number of aliphatic hydroxyl groups is 1. The van der Waals surface area contributed by atoms with Gasteiger partial charge in [0, 0.05) is 18.2 Å². The first-order valence-electron chi connectivity index (χ1n) is 5.84. The van der Waals surface area contributed by atoms with E-state index >= 15 is 0 Å². The molecule has 1 heterocycles. The van der Waals surface area contributed by atoms with Crippen molar-refractivity contribution < 1.29 is 19.3 Å². The van der Waals surface area contributed by atoms with E-state index in [4.69, 9.17) is 83.8 Å². The largest absolute Gasteiger partial charge is 0.460 e. The normalized spacial score (nSPS) is 23.6. The Morgan fingerprint density at radius 2 is 1.77 bits per heavy atom. The van der Waals surface area contributed by atoms with Crippen molar-refractivity contribution in [1.29, 1.82) is 0 Å². The predicted octanol–water partition coefficient (Wildman–Crippen LogP) is 4.84. The fourth-order valence-electron chi connectivity index (χ4n) is 1.91. The number of alkyl halides is 6. The Hall–Kier alpha value is 0.640. The topological polar surface area (TPSA) is 47.9 Å². The highest BCUT2D eigenvalue weighted by atomic mass is 35.6. The Morgan fingerprint density at radius 3 is 2.27 bits per heavy atom. The van der Waals surface area contributed by atoms with Crippen LogP contribution in [0.1, 0.15) is 23.5 Å². The molecular formula is C12H10Cl6O4. The Balaban J connectivity index is 2.47. The molecule has 1 aromatic carbocycles. The SMILES string of the molecule is COC(O)c1ccc2c(c1)C(C(Cl)(Cl)Cl)OC(C(Cl)(Cl)Cl)O2. The van der Waals surface area contributed by atoms with Gasteiger partial charge >= 0.3 is 0 Å². The molecule has 1 aliphatic rings. The van der Waals surface area contributed by atoms with Crippen molar-refractivity contribution in [3.8, 4) is 5.75 Å². The summed E-state index contributed by atoms with van der Waals surface area (Å²) in [6.45, 7) is 0. The second-order valence-electron chi connectivity index (χ2n) is 4.43. The molecule has 0 bridgehead atoms. The number of methoxy groups -OCH3 is 1. The highest BCUT2D eigenvalue weighted by molar-refractivity contribution is 6.68. The minimum absolute atomic E-state index is 0.311. The molecule has 3 unspecified atom stereocenters. The van der Waals surface area contributed by atoms with Crippen molar-refractivity contribution in [3.63, 3.8) is 0 Å². The van der Waals surface area contributed by atoms with Crippen LogP contribution in [0.5, 0.6) is 5.75 Å². The van der Waals surface area contributed by atoms with Gasteiger partial charge in [-0.15, -0.1) is 0 Å². The molecule has 124 valence electrons. The molecule has 0 aliphatic carbocycles. The predicted molar refractivity (Wildman–Crippen MR) is 87.2 cm³/mol. The van der Waals surface area contributed by atoms with Crippen molar-refractivity contribution in [2.24, 2.45) is 0 Å². The second-order valence-corrected chi connectivity index (χ2v) is 9.17. The summed E-state index contributed by atoms with van der Waals surface area (Å²) in [7, 11) is 1.35. The van der Waals surface area contributed by atoms with E-state index in [1.165, 1.54) is 13.2 Å². The summed E-state index contributed by atoms with van der Waals surface area (Å²) in [5.74, 6) is 0.311. The molecule has 1 N–H and O–H groups in total. The van der Waals surface area contributed by atoms with Crippen molar-refractivity contribution >= 4 is 69.6 Å². The molecule has 3 atom stereocenters. The molecule has 0 saturated heterocycles. The lowest BCUT2D eigenvalue weighted by Gasteiger charge is -2.38. The molecule has 1 aliphatic heterocycles. The molecule has 0 radical (unpaired) electrons. The van der Waals surface area contributed by atoms with Gasteiger partial charge in [0.15, 0.2) is 6.29 Å². The third kappa shape index (κ3) is 4.18. The average molecular weight is 431 g/mol. The number of hydrogen-bond donors (Lipinski definition) is 1. The molecule has 1 aromatic rings. The molecule has 0 saturated carbocycles. The number of aliphatic hydroxyl groups excluding tert-OH is 1. The molecule has 4 nitrogen and oxygen atoms in total. The number of fused-ring (bicyclic) bond motifs is 1. The lowest BCUT2D eigenvalue weighted by atomic mass is 10.0. The van der Waals surface area contributed by atoms with E-state index in [2.05, 4.69) is 0 Å². The smallest absolute Gasteiger partial charge is 0.252 e. The van der Waals surface area contributed by atoms with Crippen LogP contribution in [0.25, 0.3) is 0 Å². The molecule has 0 spiro atoms. The van der Waals surface area contributed by atoms with Gasteiger partial charge in [-0.3, -0.25) is 0 Å². The summed E-state index contributed by atoms with van der Waals surface area (Å²) in [5.41, 5.74) is 0.819. The van der Waals surface area contributed by atoms with Gasteiger partial charge in [0.05, 0.1) is 0 Å². The van der Waals surface area contributed by atoms with Gasteiger partial charge in [0.1, 0.15) is 11.9 Å². The molecule has 10 heteroatoms. The third-order valence-corrected chi connectivity index (χ3v) is 4.01. The zero-order valence-corrected chi connectivity index (χ0v) is 15.4. The minimum Gasteiger partial charge on any atom is -0.460 e. The van der Waals surface area contributed by atoms with E-state index in [9.17, 15) is 5.11 Å². The number of ether oxygens (including phenoxy) is 3. The Kier molecular flexibility index (Phi) is 5.92. The van der Waals surface area contributed by atoms with Gasteiger partial charge in [-0.2, -0.15) is 0 Å². The highest BCUT2D eigenvalue weighted by Gasteiger charge is 2.48. The Bertz CT molecular complexity index is 541. The summed E-state index contributed by atoms with van der Waals surface area (Å²) in [5, 5.41) is 9.74. The van der Waals surface area contributed by atoms with Crippen molar-refractivity contribution in [1.82, 2.24) is 0 Å². The lowest BCUT2D eigenvalue weighted by Crippen LogP contribution is -2.42. The van der Waals surface area contributed by atoms with Gasteiger partial charge in [-0.25, -0.2) is 0 Å². The van der Waals surface area contributed by atoms with E-state index in [0.29, 0.717) is 16.9 Å². The molecule has 0 amide bonds. The van der Waals surface area contributed by atoms with Crippen LogP contribution in [0.4, 0.5) is 0 Å². The van der Waals surface area contributed by atoms with Crippen molar-refractivity contribution in [3.05, 3.63) is 29.3 Å². The van der Waals surface area contributed by atoms with Gasteiger partial charge in [0.25, 0.3) is 3.79 Å². The zero-order valence-electron chi connectivity index (χ0n) is 10.9. The van der Waals surface area contributed by atoms with Crippen LogP contribution in [-0.4, -0.2) is 26.1 Å². The molecular weight excluding hydrogens is 421 g/mol. The fraction of sp³-hybridized carbons (Fsp3) is 0.500. The number of rotatable bonds is 2. The van der Waals surface area contributed by atoms with Crippen LogP contribution in [0, 0.1) is 0 Å². The maximum atomic E-state index is 9.74. The van der Waals surface area contributed by atoms with Crippen LogP contribution < -0.4 is 4.74 Å². The summed E-state index contributed by atoms with van der Waals surface area (Å²) in [6, 6.07) is 4.65. The number of hydrogen-bond acceptors (Lipinski definition) is 4. The molecule has 0 fully saturated rings. The first kappa shape index (κ1) is 19.0. The van der Waals surface area contributed by atoms with Crippen molar-refractivity contribution in [2.45, 2.75) is 26.3 Å². The van der Waals surface area contributed by atoms with Crippen LogP contribution in [0.3, 0.4) is 0 Å².